The fourth-order valence-corrected chi connectivity index (χ4v) is 4.63. The molecule has 0 bridgehead atoms. The normalized spacial score (nSPS) is 24.3. The van der Waals surface area contributed by atoms with E-state index < -0.39 is 11.9 Å². The van der Waals surface area contributed by atoms with Gasteiger partial charge in [-0.15, -0.1) is 0 Å². The summed E-state index contributed by atoms with van der Waals surface area (Å²) in [5.74, 6) is -0.411. The zero-order valence-electron chi connectivity index (χ0n) is 17.0. The lowest BCUT2D eigenvalue weighted by atomic mass is 9.65. The Balaban J connectivity index is 1.87. The van der Waals surface area contributed by atoms with Crippen LogP contribution in [-0.2, 0) is 10.2 Å². The molecule has 2 heterocycles. The van der Waals surface area contributed by atoms with Crippen molar-refractivity contribution in [3.63, 3.8) is 0 Å². The molecule has 1 atom stereocenters. The molecule has 2 aromatic carbocycles. The number of nitrogens with zero attached hydrogens (tertiary/aromatic N) is 1. The van der Waals surface area contributed by atoms with Gasteiger partial charge in [0, 0.05) is 28.7 Å². The second kappa shape index (κ2) is 6.63. The third-order valence-electron chi connectivity index (χ3n) is 6.18. The number of hydrogen-bond acceptors (Lipinski definition) is 3. The Morgan fingerprint density at radius 3 is 2.34 bits per heavy atom. The quantitative estimate of drug-likeness (QED) is 0.569. The van der Waals surface area contributed by atoms with Gasteiger partial charge in [-0.2, -0.15) is 0 Å². The summed E-state index contributed by atoms with van der Waals surface area (Å²) >= 11 is 6.13. The van der Waals surface area contributed by atoms with E-state index in [1.165, 1.54) is 11.1 Å². The Bertz CT molecular complexity index is 1040. The fourth-order valence-electron chi connectivity index (χ4n) is 4.51. The van der Waals surface area contributed by atoms with Gasteiger partial charge in [0.25, 0.3) is 5.91 Å². The molecule has 1 unspecified atom stereocenters. The molecule has 0 aromatic heterocycles. The van der Waals surface area contributed by atoms with Crippen molar-refractivity contribution in [2.24, 2.45) is 0 Å². The minimum absolute atomic E-state index is 0.0410. The Morgan fingerprint density at radius 2 is 1.72 bits per heavy atom. The molecular formula is C23H24ClN3O2. The van der Waals surface area contributed by atoms with Gasteiger partial charge >= 0.3 is 6.03 Å². The van der Waals surface area contributed by atoms with E-state index in [0.717, 1.165) is 17.7 Å². The molecule has 2 N–H and O–H groups in total. The third kappa shape index (κ3) is 3.29. The molecule has 29 heavy (non-hydrogen) atoms. The van der Waals surface area contributed by atoms with Gasteiger partial charge in [0.2, 0.25) is 0 Å². The van der Waals surface area contributed by atoms with E-state index in [0.29, 0.717) is 5.02 Å². The van der Waals surface area contributed by atoms with Gasteiger partial charge in [0.1, 0.15) is 5.70 Å². The fraction of sp³-hybridized carbons (Fsp3) is 0.304. The van der Waals surface area contributed by atoms with Crippen LogP contribution in [-0.4, -0.2) is 24.5 Å². The van der Waals surface area contributed by atoms with Gasteiger partial charge in [-0.1, -0.05) is 36.7 Å². The lowest BCUT2D eigenvalue weighted by molar-refractivity contribution is -0.115. The van der Waals surface area contributed by atoms with E-state index in [4.69, 9.17) is 11.6 Å². The summed E-state index contributed by atoms with van der Waals surface area (Å²) in [6.45, 7) is 6.75. The smallest absolute Gasteiger partial charge is 0.326 e. The number of halogens is 1. The van der Waals surface area contributed by atoms with Gasteiger partial charge in [0.05, 0.1) is 0 Å². The number of rotatable bonds is 2. The lowest BCUT2D eigenvalue weighted by Gasteiger charge is -2.51. The molecule has 2 aliphatic rings. The van der Waals surface area contributed by atoms with E-state index in [9.17, 15) is 9.59 Å². The summed E-state index contributed by atoms with van der Waals surface area (Å²) in [6, 6.07) is 13.7. The van der Waals surface area contributed by atoms with Crippen LogP contribution in [0.1, 0.15) is 43.9 Å². The van der Waals surface area contributed by atoms with Crippen molar-refractivity contribution >= 4 is 35.3 Å². The molecule has 0 radical (unpaired) electrons. The number of hydrogen-bond donors (Lipinski definition) is 2. The van der Waals surface area contributed by atoms with Crippen molar-refractivity contribution in [3.05, 3.63) is 69.9 Å². The van der Waals surface area contributed by atoms with Crippen molar-refractivity contribution in [1.82, 2.24) is 10.6 Å². The van der Waals surface area contributed by atoms with E-state index in [-0.39, 0.29) is 16.7 Å². The Kier molecular flexibility index (Phi) is 4.46. The van der Waals surface area contributed by atoms with Gasteiger partial charge in [-0.25, -0.2) is 4.79 Å². The van der Waals surface area contributed by atoms with Crippen LogP contribution >= 0.6 is 11.6 Å². The Hall–Kier alpha value is -2.79. The number of anilines is 1. The molecule has 2 aliphatic heterocycles. The number of nitrogens with one attached hydrogen (secondary N) is 2. The molecule has 4 rings (SSSR count). The lowest BCUT2D eigenvalue weighted by Crippen LogP contribution is -2.51. The Labute approximate surface area is 175 Å². The highest BCUT2D eigenvalue weighted by atomic mass is 35.5. The number of benzene rings is 2. The van der Waals surface area contributed by atoms with E-state index in [1.807, 2.05) is 18.2 Å². The van der Waals surface area contributed by atoms with Crippen molar-refractivity contribution < 1.29 is 9.59 Å². The van der Waals surface area contributed by atoms with Crippen LogP contribution in [0.15, 0.2) is 48.2 Å². The first-order valence-corrected chi connectivity index (χ1v) is 9.96. The summed E-state index contributed by atoms with van der Waals surface area (Å²) < 4.78 is 0. The predicted molar refractivity (Wildman–Crippen MR) is 116 cm³/mol. The largest absolute Gasteiger partial charge is 0.369 e. The summed E-state index contributed by atoms with van der Waals surface area (Å²) in [5.41, 5.74) is 4.38. The average molecular weight is 410 g/mol. The maximum atomic E-state index is 11.9. The van der Waals surface area contributed by atoms with Crippen molar-refractivity contribution in [3.8, 4) is 0 Å². The SMILES string of the molecule is CN1c2ccc(C=C3NC(=O)NC3=O)cc2C(C)(c2ccc(Cl)cc2)CC1(C)C. The van der Waals surface area contributed by atoms with Crippen LogP contribution in [0, 0.1) is 0 Å². The topological polar surface area (TPSA) is 61.4 Å². The highest BCUT2D eigenvalue weighted by Crippen LogP contribution is 2.50. The maximum absolute atomic E-state index is 11.9. The van der Waals surface area contributed by atoms with Gasteiger partial charge in [0.15, 0.2) is 0 Å². The number of amides is 3. The summed E-state index contributed by atoms with van der Waals surface area (Å²) in [7, 11) is 2.11. The number of carbonyl (C=O) groups is 2. The zero-order valence-corrected chi connectivity index (χ0v) is 17.7. The maximum Gasteiger partial charge on any atom is 0.326 e. The molecule has 0 aliphatic carbocycles. The van der Waals surface area contributed by atoms with E-state index >= 15 is 0 Å². The first-order valence-electron chi connectivity index (χ1n) is 9.59. The van der Waals surface area contributed by atoms with Crippen LogP contribution in [0.3, 0.4) is 0 Å². The third-order valence-corrected chi connectivity index (χ3v) is 6.43. The highest BCUT2D eigenvalue weighted by Gasteiger charge is 2.44. The molecule has 6 heteroatoms. The second-order valence-corrected chi connectivity index (χ2v) is 9.07. The molecule has 150 valence electrons. The van der Waals surface area contributed by atoms with E-state index in [2.05, 4.69) is 67.6 Å². The van der Waals surface area contributed by atoms with Gasteiger partial charge in [-0.05, 0) is 67.3 Å². The van der Waals surface area contributed by atoms with Crippen LogP contribution in [0.25, 0.3) is 6.08 Å². The second-order valence-electron chi connectivity index (χ2n) is 8.63. The summed E-state index contributed by atoms with van der Waals surface area (Å²) in [4.78, 5) is 25.6. The number of fused-ring (bicyclic) bond motifs is 1. The molecule has 0 spiro atoms. The monoisotopic (exact) mass is 409 g/mol. The molecule has 0 saturated carbocycles. The van der Waals surface area contributed by atoms with Crippen LogP contribution < -0.4 is 15.5 Å². The minimum atomic E-state index is -0.494. The molecule has 1 saturated heterocycles. The van der Waals surface area contributed by atoms with Gasteiger partial charge < -0.3 is 10.2 Å². The highest BCUT2D eigenvalue weighted by molar-refractivity contribution is 6.30. The standard InChI is InChI=1S/C23H24ClN3O2/c1-22(2)13-23(3,15-6-8-16(24)9-7-15)17-11-14(5-10-19(17)27(22)4)12-18-20(28)26-21(29)25-18/h5-12H,13H2,1-4H3,(H2,25,26,28,29). The minimum Gasteiger partial charge on any atom is -0.369 e. The number of imide groups is 1. The first kappa shape index (κ1) is 19.5. The zero-order chi connectivity index (χ0) is 21.0. The summed E-state index contributed by atoms with van der Waals surface area (Å²) in [5, 5.41) is 5.50. The molecule has 1 fully saturated rings. The van der Waals surface area contributed by atoms with Gasteiger partial charge in [-0.3, -0.25) is 10.1 Å². The number of carbonyl (C=O) groups excluding carboxylic acids is 2. The van der Waals surface area contributed by atoms with E-state index in [1.54, 1.807) is 6.08 Å². The average Bonchev–Trinajstić information content (AvgIpc) is 2.97. The predicted octanol–water partition coefficient (Wildman–Crippen LogP) is 4.44. The van der Waals surface area contributed by atoms with Crippen molar-refractivity contribution in [2.45, 2.75) is 38.1 Å². The van der Waals surface area contributed by atoms with Crippen molar-refractivity contribution in [2.75, 3.05) is 11.9 Å². The summed E-state index contributed by atoms with van der Waals surface area (Å²) in [6.07, 6.45) is 2.63. The molecular weight excluding hydrogens is 386 g/mol. The first-order chi connectivity index (χ1) is 13.6. The van der Waals surface area contributed by atoms with Crippen LogP contribution in [0.4, 0.5) is 10.5 Å². The van der Waals surface area contributed by atoms with Crippen molar-refractivity contribution in [1.29, 1.82) is 0 Å². The van der Waals surface area contributed by atoms with Crippen LogP contribution in [0.5, 0.6) is 0 Å². The van der Waals surface area contributed by atoms with Crippen LogP contribution in [0.2, 0.25) is 5.02 Å². The molecule has 2 aromatic rings. The molecule has 5 nitrogen and oxygen atoms in total. The number of urea groups is 1. The Morgan fingerprint density at radius 1 is 1.03 bits per heavy atom. The molecule has 3 amide bonds.